The number of anilines is 2. The third-order valence-corrected chi connectivity index (χ3v) is 3.64. The number of hydrogen-bond acceptors (Lipinski definition) is 6. The van der Waals surface area contributed by atoms with Crippen molar-refractivity contribution in [3.05, 3.63) is 41.1 Å². The molecule has 116 valence electrons. The molecule has 0 aliphatic heterocycles. The van der Waals surface area contributed by atoms with Crippen molar-refractivity contribution >= 4 is 29.2 Å². The normalized spacial score (nSPS) is 10.4. The first-order valence-electron chi connectivity index (χ1n) is 6.97. The molecule has 0 fully saturated rings. The summed E-state index contributed by atoms with van der Waals surface area (Å²) in [6, 6.07) is 6.06. The molecule has 0 atom stereocenters. The first-order valence-corrected chi connectivity index (χ1v) is 8.20. The number of aromatic nitrogens is 2. The summed E-state index contributed by atoms with van der Waals surface area (Å²) in [4.78, 5) is 20.6. The summed E-state index contributed by atoms with van der Waals surface area (Å²) in [5, 5.41) is 3.81. The smallest absolute Gasteiger partial charge is 0.343 e. The van der Waals surface area contributed by atoms with E-state index in [2.05, 4.69) is 21.4 Å². The summed E-state index contributed by atoms with van der Waals surface area (Å²) >= 11 is 1.42. The molecule has 0 bridgehead atoms. The minimum Gasteiger partial charge on any atom is -0.462 e. The number of hydrogen-bond donors (Lipinski definition) is 1. The maximum absolute atomic E-state index is 12.0. The van der Waals surface area contributed by atoms with Gasteiger partial charge in [-0.15, -0.1) is 0 Å². The third-order valence-electron chi connectivity index (χ3n) is 3.08. The maximum atomic E-state index is 12.0. The fraction of sp³-hybridized carbons (Fsp3) is 0.312. The average Bonchev–Trinajstić information content (AvgIpc) is 2.50. The van der Waals surface area contributed by atoms with Crippen LogP contribution in [0, 0.1) is 13.8 Å². The standard InChI is InChI=1S/C16H19N3O2S/c1-5-21-15(20)12-9-17-16(22-4)19-14(12)18-13-7-6-10(2)8-11(13)3/h6-9H,5H2,1-4H3,(H,17,18,19). The zero-order valence-corrected chi connectivity index (χ0v) is 14.0. The zero-order valence-electron chi connectivity index (χ0n) is 13.1. The number of nitrogens with one attached hydrogen (secondary N) is 1. The number of benzene rings is 1. The molecule has 22 heavy (non-hydrogen) atoms. The summed E-state index contributed by atoms with van der Waals surface area (Å²) < 4.78 is 5.06. The molecule has 0 radical (unpaired) electrons. The molecule has 2 rings (SSSR count). The predicted molar refractivity (Wildman–Crippen MR) is 89.0 cm³/mol. The van der Waals surface area contributed by atoms with E-state index in [1.54, 1.807) is 6.92 Å². The average molecular weight is 317 g/mol. The van der Waals surface area contributed by atoms with Crippen LogP contribution in [-0.2, 0) is 4.74 Å². The molecule has 1 N–H and O–H groups in total. The monoisotopic (exact) mass is 317 g/mol. The van der Waals surface area contributed by atoms with Crippen molar-refractivity contribution in [1.82, 2.24) is 9.97 Å². The molecule has 1 aromatic heterocycles. The Morgan fingerprint density at radius 3 is 2.77 bits per heavy atom. The molecule has 0 saturated heterocycles. The molecule has 0 amide bonds. The van der Waals surface area contributed by atoms with Gasteiger partial charge in [-0.3, -0.25) is 0 Å². The van der Waals surface area contributed by atoms with Gasteiger partial charge in [-0.2, -0.15) is 0 Å². The van der Waals surface area contributed by atoms with Crippen LogP contribution in [0.15, 0.2) is 29.6 Å². The first-order chi connectivity index (χ1) is 10.5. The van der Waals surface area contributed by atoms with E-state index in [1.165, 1.54) is 23.5 Å². The second-order valence-electron chi connectivity index (χ2n) is 4.78. The second kappa shape index (κ2) is 7.26. The van der Waals surface area contributed by atoms with Gasteiger partial charge in [0.25, 0.3) is 0 Å². The molecule has 0 spiro atoms. The van der Waals surface area contributed by atoms with Gasteiger partial charge in [0.1, 0.15) is 11.4 Å². The van der Waals surface area contributed by atoms with Gasteiger partial charge >= 0.3 is 5.97 Å². The van der Waals surface area contributed by atoms with E-state index in [9.17, 15) is 4.79 Å². The van der Waals surface area contributed by atoms with E-state index in [0.29, 0.717) is 23.1 Å². The number of ether oxygens (including phenoxy) is 1. The van der Waals surface area contributed by atoms with E-state index in [0.717, 1.165) is 11.3 Å². The fourth-order valence-corrected chi connectivity index (χ4v) is 2.34. The van der Waals surface area contributed by atoms with Gasteiger partial charge in [0, 0.05) is 11.9 Å². The lowest BCUT2D eigenvalue weighted by Crippen LogP contribution is -2.11. The number of aryl methyl sites for hydroxylation is 2. The minimum atomic E-state index is -0.428. The fourth-order valence-electron chi connectivity index (χ4n) is 2.00. The lowest BCUT2D eigenvalue weighted by molar-refractivity contribution is 0.0526. The molecule has 2 aromatic rings. The highest BCUT2D eigenvalue weighted by Crippen LogP contribution is 2.24. The van der Waals surface area contributed by atoms with Gasteiger partial charge in [-0.05, 0) is 38.7 Å². The van der Waals surface area contributed by atoms with Gasteiger partial charge in [-0.1, -0.05) is 29.5 Å². The number of carbonyl (C=O) groups excluding carboxylic acids is 1. The Labute approximate surface area is 134 Å². The first kappa shape index (κ1) is 16.3. The van der Waals surface area contributed by atoms with E-state index < -0.39 is 5.97 Å². The van der Waals surface area contributed by atoms with E-state index in [-0.39, 0.29) is 0 Å². The number of thioether (sulfide) groups is 1. The maximum Gasteiger partial charge on any atom is 0.343 e. The Bertz CT molecular complexity index is 689. The van der Waals surface area contributed by atoms with E-state index in [1.807, 2.05) is 32.2 Å². The van der Waals surface area contributed by atoms with Gasteiger partial charge in [0.2, 0.25) is 0 Å². The summed E-state index contributed by atoms with van der Waals surface area (Å²) in [7, 11) is 0. The van der Waals surface area contributed by atoms with Crippen molar-refractivity contribution < 1.29 is 9.53 Å². The van der Waals surface area contributed by atoms with Crippen molar-refractivity contribution in [1.29, 1.82) is 0 Å². The number of rotatable bonds is 5. The van der Waals surface area contributed by atoms with Crippen LogP contribution in [0.4, 0.5) is 11.5 Å². The highest BCUT2D eigenvalue weighted by molar-refractivity contribution is 7.98. The molecule has 0 saturated carbocycles. The van der Waals surface area contributed by atoms with Crippen molar-refractivity contribution in [2.45, 2.75) is 25.9 Å². The van der Waals surface area contributed by atoms with Crippen LogP contribution < -0.4 is 5.32 Å². The molecule has 5 nitrogen and oxygen atoms in total. The van der Waals surface area contributed by atoms with Crippen LogP contribution in [0.5, 0.6) is 0 Å². The summed E-state index contributed by atoms with van der Waals surface area (Å²) in [6.45, 7) is 6.13. The summed E-state index contributed by atoms with van der Waals surface area (Å²) in [5.41, 5.74) is 3.50. The van der Waals surface area contributed by atoms with Crippen LogP contribution in [-0.4, -0.2) is 28.8 Å². The highest BCUT2D eigenvalue weighted by Gasteiger charge is 2.16. The van der Waals surface area contributed by atoms with E-state index in [4.69, 9.17) is 4.74 Å². The molecule has 0 unspecified atom stereocenters. The summed E-state index contributed by atoms with van der Waals surface area (Å²) in [5.74, 6) is 0.0344. The van der Waals surface area contributed by atoms with Crippen LogP contribution in [0.3, 0.4) is 0 Å². The SMILES string of the molecule is CCOC(=O)c1cnc(SC)nc1Nc1ccc(C)cc1C. The van der Waals surface area contributed by atoms with Crippen LogP contribution in [0.1, 0.15) is 28.4 Å². The molecule has 0 aliphatic carbocycles. The molecule has 6 heteroatoms. The Morgan fingerprint density at radius 2 is 2.14 bits per heavy atom. The zero-order chi connectivity index (χ0) is 16.1. The molecular weight excluding hydrogens is 298 g/mol. The molecule has 1 heterocycles. The van der Waals surface area contributed by atoms with Crippen molar-refractivity contribution in [2.75, 3.05) is 18.2 Å². The third kappa shape index (κ3) is 3.76. The molecule has 0 aliphatic rings. The summed E-state index contributed by atoms with van der Waals surface area (Å²) in [6.07, 6.45) is 3.39. The van der Waals surface area contributed by atoms with Gasteiger partial charge in [0.05, 0.1) is 6.61 Å². The quantitative estimate of drug-likeness (QED) is 0.515. The van der Waals surface area contributed by atoms with Crippen molar-refractivity contribution in [2.24, 2.45) is 0 Å². The Balaban J connectivity index is 2.40. The molecular formula is C16H19N3O2S. The lowest BCUT2D eigenvalue weighted by Gasteiger charge is -2.13. The lowest BCUT2D eigenvalue weighted by atomic mass is 10.1. The predicted octanol–water partition coefficient (Wildman–Crippen LogP) is 3.74. The van der Waals surface area contributed by atoms with Gasteiger partial charge in [0.15, 0.2) is 5.16 Å². The van der Waals surface area contributed by atoms with Crippen LogP contribution in [0.25, 0.3) is 0 Å². The van der Waals surface area contributed by atoms with E-state index >= 15 is 0 Å². The number of carbonyl (C=O) groups is 1. The van der Waals surface area contributed by atoms with Gasteiger partial charge in [-0.25, -0.2) is 14.8 Å². The topological polar surface area (TPSA) is 64.1 Å². The number of nitrogens with zero attached hydrogens (tertiary/aromatic N) is 2. The van der Waals surface area contributed by atoms with Crippen molar-refractivity contribution in [3.8, 4) is 0 Å². The van der Waals surface area contributed by atoms with Crippen LogP contribution in [0.2, 0.25) is 0 Å². The van der Waals surface area contributed by atoms with Crippen LogP contribution >= 0.6 is 11.8 Å². The Kier molecular flexibility index (Phi) is 5.38. The van der Waals surface area contributed by atoms with Crippen molar-refractivity contribution in [3.63, 3.8) is 0 Å². The molecule has 1 aromatic carbocycles. The highest BCUT2D eigenvalue weighted by atomic mass is 32.2. The van der Waals surface area contributed by atoms with Gasteiger partial charge < -0.3 is 10.1 Å². The Hall–Kier alpha value is -2.08. The number of esters is 1. The minimum absolute atomic E-state index is 0.312. The Morgan fingerprint density at radius 1 is 1.36 bits per heavy atom. The largest absolute Gasteiger partial charge is 0.462 e. The second-order valence-corrected chi connectivity index (χ2v) is 5.56.